The number of nitrogens with one attached hydrogen (secondary N) is 1. The molecule has 0 saturated heterocycles. The summed E-state index contributed by atoms with van der Waals surface area (Å²) in [5, 5.41) is 6.82. The van der Waals surface area contributed by atoms with Crippen molar-refractivity contribution in [1.82, 2.24) is 19.7 Å². The van der Waals surface area contributed by atoms with E-state index in [4.69, 9.17) is 22.8 Å². The normalized spacial score (nSPS) is 16.9. The Morgan fingerprint density at radius 1 is 1.38 bits per heavy atom. The Hall–Kier alpha value is -4.53. The number of hydrogen-bond acceptors (Lipinski definition) is 7. The molecule has 0 spiro atoms. The second-order valence-corrected chi connectivity index (χ2v) is 7.17. The molecule has 1 atom stereocenters. The number of ether oxygens (including phenoxy) is 1. The summed E-state index contributed by atoms with van der Waals surface area (Å²) in [7, 11) is 1.35. The lowest BCUT2D eigenvalue weighted by Crippen LogP contribution is -2.44. The van der Waals surface area contributed by atoms with Gasteiger partial charge < -0.3 is 21.5 Å². The van der Waals surface area contributed by atoms with Crippen LogP contribution in [0.5, 0.6) is 5.88 Å². The zero-order valence-corrected chi connectivity index (χ0v) is 17.0. The van der Waals surface area contributed by atoms with E-state index in [1.165, 1.54) is 24.8 Å². The van der Waals surface area contributed by atoms with Gasteiger partial charge in [-0.15, -0.1) is 0 Å². The summed E-state index contributed by atoms with van der Waals surface area (Å²) in [5.41, 5.74) is 10.1. The number of hydrogen-bond donors (Lipinski definition) is 3. The summed E-state index contributed by atoms with van der Waals surface area (Å²) in [6.07, 6.45) is 0. The van der Waals surface area contributed by atoms with Gasteiger partial charge in [0, 0.05) is 5.56 Å². The molecule has 1 unspecified atom stereocenters. The molecule has 0 aliphatic carbocycles. The van der Waals surface area contributed by atoms with Gasteiger partial charge in [0.2, 0.25) is 17.7 Å². The van der Waals surface area contributed by atoms with Crippen LogP contribution < -0.4 is 21.5 Å². The molecule has 0 radical (unpaired) electrons. The van der Waals surface area contributed by atoms with Gasteiger partial charge in [0.15, 0.2) is 11.2 Å². The Bertz CT molecular complexity index is 1330. The third-order valence-corrected chi connectivity index (χ3v) is 5.29. The molecular weight excluding hydrogens is 419 g/mol. The summed E-state index contributed by atoms with van der Waals surface area (Å²) in [4.78, 5) is 36.2. The zero-order valence-electron chi connectivity index (χ0n) is 17.0. The minimum absolute atomic E-state index is 0.00245. The lowest BCUT2D eigenvalue weighted by Gasteiger charge is -2.18. The first kappa shape index (κ1) is 20.7. The largest absolute Gasteiger partial charge is 0.490 e. The van der Waals surface area contributed by atoms with Crippen molar-refractivity contribution in [3.63, 3.8) is 0 Å². The third kappa shape index (κ3) is 2.90. The van der Waals surface area contributed by atoms with Crippen molar-refractivity contribution in [3.05, 3.63) is 52.6 Å². The van der Waals surface area contributed by atoms with E-state index in [9.17, 15) is 14.0 Å². The van der Waals surface area contributed by atoms with E-state index in [1.54, 1.807) is 18.2 Å². The van der Waals surface area contributed by atoms with Crippen LogP contribution in [0.25, 0.3) is 16.4 Å². The fourth-order valence-corrected chi connectivity index (χ4v) is 3.53. The summed E-state index contributed by atoms with van der Waals surface area (Å²) >= 11 is 0. The Labute approximate surface area is 181 Å². The number of anilines is 2. The number of methoxy groups -OCH3 is 1. The number of rotatable bonds is 5. The Morgan fingerprint density at radius 2 is 2.09 bits per heavy atom. The van der Waals surface area contributed by atoms with Gasteiger partial charge in [-0.3, -0.25) is 9.59 Å². The van der Waals surface area contributed by atoms with Crippen LogP contribution in [0.3, 0.4) is 0 Å². The topological polar surface area (TPSA) is 155 Å². The minimum Gasteiger partial charge on any atom is -0.490 e. The Morgan fingerprint density at radius 3 is 2.72 bits per heavy atom. The van der Waals surface area contributed by atoms with Crippen molar-refractivity contribution in [2.75, 3.05) is 18.2 Å². The lowest BCUT2D eigenvalue weighted by molar-refractivity contribution is -0.131. The number of aromatic nitrogens is 4. The molecule has 1 aliphatic rings. The molecule has 0 fully saturated rings. The first-order chi connectivity index (χ1) is 15.2. The van der Waals surface area contributed by atoms with E-state index < -0.39 is 23.0 Å². The van der Waals surface area contributed by atoms with Crippen molar-refractivity contribution in [3.8, 4) is 17.4 Å². The number of carbonyl (C=O) groups is 2. The summed E-state index contributed by atoms with van der Waals surface area (Å²) < 4.78 is 20.8. The average molecular weight is 436 g/mol. The summed E-state index contributed by atoms with van der Waals surface area (Å²) in [6.45, 7) is 8.88. The molecule has 3 aromatic rings. The third-order valence-electron chi connectivity index (χ3n) is 5.29. The number of nitrogens with zero attached hydrogens (tertiary/aromatic N) is 5. The van der Waals surface area contributed by atoms with Crippen LogP contribution in [-0.4, -0.2) is 38.7 Å². The summed E-state index contributed by atoms with van der Waals surface area (Å²) in [5.74, 6) is -2.21. The number of nitrogen functional groups attached to an aromatic ring is 1. The number of primary amides is 1. The molecule has 2 amide bonds. The number of benzene rings is 1. The van der Waals surface area contributed by atoms with Gasteiger partial charge >= 0.3 is 0 Å². The smallest absolute Gasteiger partial charge is 0.277 e. The molecule has 1 aliphatic heterocycles. The van der Waals surface area contributed by atoms with Crippen molar-refractivity contribution in [2.45, 2.75) is 18.9 Å². The van der Waals surface area contributed by atoms with Crippen LogP contribution in [0.1, 0.15) is 18.1 Å². The highest BCUT2D eigenvalue weighted by atomic mass is 19.1. The van der Waals surface area contributed by atoms with E-state index in [2.05, 4.69) is 25.2 Å². The predicted octanol–water partition coefficient (Wildman–Crippen LogP) is 1.36. The molecule has 3 heterocycles. The van der Waals surface area contributed by atoms with Gasteiger partial charge in [-0.1, -0.05) is 18.2 Å². The van der Waals surface area contributed by atoms with Crippen LogP contribution in [0.4, 0.5) is 21.7 Å². The van der Waals surface area contributed by atoms with Crippen LogP contribution in [-0.2, 0) is 21.5 Å². The molecular formula is C20H17FN8O3. The molecule has 0 saturated carbocycles. The first-order valence-electron chi connectivity index (χ1n) is 9.27. The standard InChI is InChI=1S/C20H17FN8O3/c1-20(18(23)30)11-14(22)25-16(26-15(11)27-19(20)31)12-13(24-2)17(32-3)29(28-12)8-9-6-4-5-7-10(9)21/h4-7H,8H2,1,3H3,(H2,23,30)(H3,22,25,26,27,31). The van der Waals surface area contributed by atoms with Gasteiger partial charge in [-0.25, -0.2) is 23.9 Å². The second-order valence-electron chi connectivity index (χ2n) is 7.17. The number of carbonyl (C=O) groups excluding carboxylic acids is 2. The highest BCUT2D eigenvalue weighted by Gasteiger charge is 2.51. The monoisotopic (exact) mass is 436 g/mol. The zero-order chi connectivity index (χ0) is 23.2. The molecule has 32 heavy (non-hydrogen) atoms. The van der Waals surface area contributed by atoms with Crippen LogP contribution >= 0.6 is 0 Å². The van der Waals surface area contributed by atoms with Gasteiger partial charge in [-0.2, -0.15) is 5.10 Å². The number of halogens is 1. The highest BCUT2D eigenvalue weighted by Crippen LogP contribution is 2.43. The highest BCUT2D eigenvalue weighted by molar-refractivity contribution is 6.20. The van der Waals surface area contributed by atoms with Crippen LogP contribution in [0.2, 0.25) is 0 Å². The molecule has 4 rings (SSSR count). The fourth-order valence-electron chi connectivity index (χ4n) is 3.53. The van der Waals surface area contributed by atoms with Gasteiger partial charge in [0.1, 0.15) is 23.1 Å². The van der Waals surface area contributed by atoms with Gasteiger partial charge in [0.05, 0.1) is 25.8 Å². The van der Waals surface area contributed by atoms with E-state index in [1.807, 2.05) is 0 Å². The van der Waals surface area contributed by atoms with E-state index in [-0.39, 0.29) is 46.8 Å². The maximum absolute atomic E-state index is 14.1. The second kappa shape index (κ2) is 7.31. The number of amides is 2. The molecule has 2 aromatic heterocycles. The molecule has 11 nitrogen and oxygen atoms in total. The SMILES string of the molecule is [C-]#[N+]c1c(-c2nc(N)c3c(n2)NC(=O)C3(C)C(N)=O)nn(Cc2ccccc2F)c1OC. The van der Waals surface area contributed by atoms with Crippen molar-refractivity contribution < 1.29 is 18.7 Å². The Balaban J connectivity index is 1.86. The maximum Gasteiger partial charge on any atom is 0.277 e. The van der Waals surface area contributed by atoms with Crippen molar-refractivity contribution in [2.24, 2.45) is 5.73 Å². The molecule has 162 valence electrons. The predicted molar refractivity (Wildman–Crippen MR) is 111 cm³/mol. The Kier molecular flexibility index (Phi) is 4.74. The van der Waals surface area contributed by atoms with E-state index in [0.717, 1.165) is 0 Å². The number of nitrogens with two attached hydrogens (primary N) is 2. The van der Waals surface area contributed by atoms with Crippen molar-refractivity contribution >= 4 is 29.1 Å². The van der Waals surface area contributed by atoms with Gasteiger partial charge in [0.25, 0.3) is 5.69 Å². The van der Waals surface area contributed by atoms with Crippen LogP contribution in [0, 0.1) is 12.4 Å². The lowest BCUT2D eigenvalue weighted by atomic mass is 9.84. The average Bonchev–Trinajstić information content (AvgIpc) is 3.24. The minimum atomic E-state index is -1.73. The molecule has 12 heteroatoms. The van der Waals surface area contributed by atoms with Crippen LogP contribution in [0.15, 0.2) is 24.3 Å². The molecule has 5 N–H and O–H groups in total. The van der Waals surface area contributed by atoms with Gasteiger partial charge in [-0.05, 0) is 13.0 Å². The maximum atomic E-state index is 14.1. The van der Waals surface area contributed by atoms with E-state index in [0.29, 0.717) is 5.56 Å². The number of fused-ring (bicyclic) bond motifs is 1. The molecule has 1 aromatic carbocycles. The first-order valence-corrected chi connectivity index (χ1v) is 9.27. The quantitative estimate of drug-likeness (QED) is 0.403. The molecule has 0 bridgehead atoms. The van der Waals surface area contributed by atoms with Crippen molar-refractivity contribution in [1.29, 1.82) is 0 Å². The fraction of sp³-hybridized carbons (Fsp3) is 0.200. The summed E-state index contributed by atoms with van der Waals surface area (Å²) in [6, 6.07) is 6.13. The van der Waals surface area contributed by atoms with E-state index >= 15 is 0 Å².